The molecule has 0 radical (unpaired) electrons. The molecule has 2 N–H and O–H groups in total. The third kappa shape index (κ3) is 3.92. The summed E-state index contributed by atoms with van der Waals surface area (Å²) in [6.45, 7) is 5.11. The molecule has 3 nitrogen and oxygen atoms in total. The molecule has 0 unspecified atom stereocenters. The van der Waals surface area contributed by atoms with Gasteiger partial charge in [-0.3, -0.25) is 0 Å². The molecule has 1 aromatic rings. The average molecular weight is 266 g/mol. The second kappa shape index (κ2) is 4.95. The molecule has 1 heterocycles. The molecule has 96 valence electrons. The molecular weight excluding hydrogens is 253 g/mol. The maximum absolute atomic E-state index is 12.6. The van der Waals surface area contributed by atoms with Crippen LogP contribution < -0.4 is 10.6 Å². The van der Waals surface area contributed by atoms with Crippen molar-refractivity contribution in [3.8, 4) is 0 Å². The van der Waals surface area contributed by atoms with Gasteiger partial charge >= 0.3 is 6.18 Å². The first-order valence-corrected chi connectivity index (χ1v) is 5.36. The molecule has 0 atom stereocenters. The Hall–Kier alpha value is -1.24. The Kier molecular flexibility index (Phi) is 4.03. The van der Waals surface area contributed by atoms with Crippen molar-refractivity contribution < 1.29 is 17.6 Å². The van der Waals surface area contributed by atoms with E-state index in [9.17, 15) is 13.2 Å². The lowest BCUT2D eigenvalue weighted by Gasteiger charge is -2.13. The quantitative estimate of drug-likeness (QED) is 0.805. The van der Waals surface area contributed by atoms with Crippen LogP contribution in [0.2, 0.25) is 0 Å². The summed E-state index contributed by atoms with van der Waals surface area (Å²) in [5.74, 6) is -0.893. The highest BCUT2D eigenvalue weighted by atomic mass is 32.1. The molecule has 0 bridgehead atoms. The lowest BCUT2D eigenvalue weighted by Crippen LogP contribution is -2.34. The van der Waals surface area contributed by atoms with Gasteiger partial charge in [-0.25, -0.2) is 0 Å². The van der Waals surface area contributed by atoms with Gasteiger partial charge < -0.3 is 15.1 Å². The van der Waals surface area contributed by atoms with Crippen molar-refractivity contribution in [3.05, 3.63) is 17.6 Å². The smallest absolute Gasteiger partial charge is 0.451 e. The van der Waals surface area contributed by atoms with Gasteiger partial charge in [0.1, 0.15) is 5.76 Å². The van der Waals surface area contributed by atoms with E-state index in [1.165, 1.54) is 13.0 Å². The van der Waals surface area contributed by atoms with Crippen LogP contribution in [-0.2, 0) is 6.18 Å². The largest absolute Gasteiger partial charge is 0.455 e. The van der Waals surface area contributed by atoms with Gasteiger partial charge in [0.2, 0.25) is 5.76 Å². The first-order chi connectivity index (χ1) is 7.70. The van der Waals surface area contributed by atoms with Crippen LogP contribution in [0, 0.1) is 6.92 Å². The first kappa shape index (κ1) is 13.8. The minimum absolute atomic E-state index is 0.0392. The highest BCUT2D eigenvalue weighted by molar-refractivity contribution is 7.80. The van der Waals surface area contributed by atoms with Gasteiger partial charge in [0.15, 0.2) is 5.11 Å². The molecular formula is C10H13F3N2OS. The maximum Gasteiger partial charge on any atom is 0.451 e. The number of hydrogen-bond donors (Lipinski definition) is 2. The topological polar surface area (TPSA) is 37.2 Å². The highest BCUT2D eigenvalue weighted by Crippen LogP contribution is 2.36. The lowest BCUT2D eigenvalue weighted by molar-refractivity contribution is -0.152. The van der Waals surface area contributed by atoms with Gasteiger partial charge in [-0.2, -0.15) is 13.2 Å². The number of thiocarbonyl (C=S) groups is 1. The monoisotopic (exact) mass is 266 g/mol. The van der Waals surface area contributed by atoms with Crippen molar-refractivity contribution in [2.75, 3.05) is 5.32 Å². The number of rotatable bonds is 2. The van der Waals surface area contributed by atoms with Crippen molar-refractivity contribution in [1.82, 2.24) is 5.32 Å². The summed E-state index contributed by atoms with van der Waals surface area (Å²) in [6.07, 6.45) is -4.54. The maximum atomic E-state index is 12.6. The predicted molar refractivity (Wildman–Crippen MR) is 62.9 cm³/mol. The molecule has 7 heteroatoms. The number of nitrogens with one attached hydrogen (secondary N) is 2. The standard InChI is InChI=1S/C10H13F3N2OS/c1-5(2)14-9(17)15-7-4-6(3)16-8(7)10(11,12)13/h4-5H,1-3H3,(H2,14,15,17). The van der Waals surface area contributed by atoms with Crippen LogP contribution in [0.4, 0.5) is 18.9 Å². The normalized spacial score (nSPS) is 11.7. The van der Waals surface area contributed by atoms with E-state index < -0.39 is 11.9 Å². The number of aryl methyl sites for hydroxylation is 1. The molecule has 0 aliphatic heterocycles. The van der Waals surface area contributed by atoms with Crippen LogP contribution in [0.25, 0.3) is 0 Å². The van der Waals surface area contributed by atoms with Crippen molar-refractivity contribution in [3.63, 3.8) is 0 Å². The van der Waals surface area contributed by atoms with Gasteiger partial charge in [0.25, 0.3) is 0 Å². The molecule has 0 spiro atoms. The van der Waals surface area contributed by atoms with Crippen LogP contribution in [0.15, 0.2) is 10.5 Å². The molecule has 0 aliphatic carbocycles. The van der Waals surface area contributed by atoms with Gasteiger partial charge in [-0.1, -0.05) is 0 Å². The van der Waals surface area contributed by atoms with Crippen molar-refractivity contribution >= 4 is 23.0 Å². The second-order valence-electron chi connectivity index (χ2n) is 3.85. The zero-order valence-corrected chi connectivity index (χ0v) is 10.4. The molecule has 0 saturated heterocycles. The molecule has 1 aromatic heterocycles. The minimum Gasteiger partial charge on any atom is -0.455 e. The summed E-state index contributed by atoms with van der Waals surface area (Å²) in [5.41, 5.74) is -0.173. The summed E-state index contributed by atoms with van der Waals surface area (Å²) < 4.78 is 42.3. The summed E-state index contributed by atoms with van der Waals surface area (Å²) in [5, 5.41) is 5.40. The Labute approximate surface area is 102 Å². The van der Waals surface area contributed by atoms with Gasteiger partial charge in [0.05, 0.1) is 5.69 Å². The van der Waals surface area contributed by atoms with E-state index >= 15 is 0 Å². The summed E-state index contributed by atoms with van der Waals surface area (Å²) >= 11 is 4.87. The SMILES string of the molecule is Cc1cc(NC(=S)NC(C)C)c(C(F)(F)F)o1. The number of furan rings is 1. The van der Waals surface area contributed by atoms with E-state index in [1.54, 1.807) is 0 Å². The van der Waals surface area contributed by atoms with E-state index in [0.29, 0.717) is 0 Å². The van der Waals surface area contributed by atoms with E-state index in [4.69, 9.17) is 12.2 Å². The Morgan fingerprint density at radius 1 is 1.41 bits per heavy atom. The van der Waals surface area contributed by atoms with Gasteiger partial charge in [-0.15, -0.1) is 0 Å². The first-order valence-electron chi connectivity index (χ1n) is 4.95. The fourth-order valence-electron chi connectivity index (χ4n) is 1.24. The van der Waals surface area contributed by atoms with Gasteiger partial charge in [-0.05, 0) is 33.0 Å². The molecule has 17 heavy (non-hydrogen) atoms. The fraction of sp³-hybridized carbons (Fsp3) is 0.500. The van der Waals surface area contributed by atoms with E-state index in [1.807, 2.05) is 13.8 Å². The molecule has 1 rings (SSSR count). The molecule has 0 amide bonds. The fourth-order valence-corrected chi connectivity index (χ4v) is 1.58. The van der Waals surface area contributed by atoms with Crippen molar-refractivity contribution in [1.29, 1.82) is 0 Å². The summed E-state index contributed by atoms with van der Waals surface area (Å²) in [6, 6.07) is 1.30. The van der Waals surface area contributed by atoms with E-state index in [-0.39, 0.29) is 22.6 Å². The number of hydrogen-bond acceptors (Lipinski definition) is 2. The number of anilines is 1. The second-order valence-corrected chi connectivity index (χ2v) is 4.26. The van der Waals surface area contributed by atoms with Crippen LogP contribution in [0.3, 0.4) is 0 Å². The third-order valence-corrected chi connectivity index (χ3v) is 2.00. The summed E-state index contributed by atoms with van der Waals surface area (Å²) in [7, 11) is 0. The van der Waals surface area contributed by atoms with Crippen molar-refractivity contribution in [2.24, 2.45) is 0 Å². The van der Waals surface area contributed by atoms with Crippen LogP contribution in [0.1, 0.15) is 25.4 Å². The Balaban J connectivity index is 2.88. The molecule has 0 aromatic carbocycles. The van der Waals surface area contributed by atoms with Crippen LogP contribution in [0.5, 0.6) is 0 Å². The molecule has 0 fully saturated rings. The summed E-state index contributed by atoms with van der Waals surface area (Å²) in [4.78, 5) is 0. The Morgan fingerprint density at radius 2 is 2.00 bits per heavy atom. The lowest BCUT2D eigenvalue weighted by atomic mass is 10.3. The minimum atomic E-state index is -4.54. The van der Waals surface area contributed by atoms with E-state index in [0.717, 1.165) is 0 Å². The average Bonchev–Trinajstić information content (AvgIpc) is 2.43. The Bertz CT molecular complexity index is 412. The predicted octanol–water partition coefficient (Wildman–Crippen LogP) is 3.30. The van der Waals surface area contributed by atoms with E-state index in [2.05, 4.69) is 15.1 Å². The number of alkyl halides is 3. The van der Waals surface area contributed by atoms with Crippen LogP contribution >= 0.6 is 12.2 Å². The zero-order chi connectivity index (χ0) is 13.2. The zero-order valence-electron chi connectivity index (χ0n) is 9.61. The molecule has 0 saturated carbocycles. The molecule has 0 aliphatic rings. The third-order valence-electron chi connectivity index (χ3n) is 1.78. The van der Waals surface area contributed by atoms with Gasteiger partial charge in [0, 0.05) is 12.1 Å². The van der Waals surface area contributed by atoms with Crippen LogP contribution in [-0.4, -0.2) is 11.2 Å². The highest BCUT2D eigenvalue weighted by Gasteiger charge is 2.38. The Morgan fingerprint density at radius 3 is 2.47 bits per heavy atom. The van der Waals surface area contributed by atoms with Crippen molar-refractivity contribution in [2.45, 2.75) is 33.0 Å². The number of halogens is 3.